The van der Waals surface area contributed by atoms with Crippen LogP contribution in [-0.2, 0) is 16.1 Å². The van der Waals surface area contributed by atoms with Crippen molar-refractivity contribution in [1.29, 1.82) is 5.26 Å². The van der Waals surface area contributed by atoms with E-state index < -0.39 is 12.0 Å². The monoisotopic (exact) mass is 671 g/mol. The smallest absolute Gasteiger partial charge is 0.338 e. The molecular weight excluding hydrogens is 642 g/mol. The molecule has 0 N–H and O–H groups in total. The summed E-state index contributed by atoms with van der Waals surface area (Å²) in [5, 5.41) is 9.43. The first-order valence-corrected chi connectivity index (χ1v) is 16.3. The molecule has 11 heteroatoms. The lowest BCUT2D eigenvalue weighted by molar-refractivity contribution is -0.138. The summed E-state index contributed by atoms with van der Waals surface area (Å²) in [4.78, 5) is 33.4. The van der Waals surface area contributed by atoms with Crippen molar-refractivity contribution in [3.63, 3.8) is 0 Å². The summed E-state index contributed by atoms with van der Waals surface area (Å²) in [5.74, 6) is 1.48. The Bertz CT molecular complexity index is 2340. The van der Waals surface area contributed by atoms with Crippen LogP contribution in [0.3, 0.4) is 0 Å². The highest BCUT2D eigenvalue weighted by Gasteiger charge is 2.36. The molecule has 0 aliphatic carbocycles. The van der Waals surface area contributed by atoms with Crippen LogP contribution in [0, 0.1) is 11.3 Å². The van der Waals surface area contributed by atoms with E-state index >= 15 is 0 Å². The average Bonchev–Trinajstić information content (AvgIpc) is 3.74. The van der Waals surface area contributed by atoms with Gasteiger partial charge in [-0.2, -0.15) is 5.26 Å². The molecule has 1 aromatic heterocycles. The van der Waals surface area contributed by atoms with Gasteiger partial charge in [-0.1, -0.05) is 72.0 Å². The van der Waals surface area contributed by atoms with E-state index in [1.54, 1.807) is 49.4 Å². The van der Waals surface area contributed by atoms with E-state index in [4.69, 9.17) is 28.7 Å². The Hall–Kier alpha value is -6.12. The highest BCUT2D eigenvalue weighted by atomic mass is 32.1. The van der Waals surface area contributed by atoms with Crippen molar-refractivity contribution in [1.82, 2.24) is 4.57 Å². The van der Waals surface area contributed by atoms with Crippen LogP contribution in [-0.4, -0.2) is 31.0 Å². The number of aromatic nitrogens is 1. The predicted octanol–water partition coefficient (Wildman–Crippen LogP) is 5.12. The number of fused-ring (bicyclic) bond motifs is 2. The van der Waals surface area contributed by atoms with Gasteiger partial charge in [-0.05, 0) is 54.5 Å². The number of carbonyl (C=O) groups excluding carboxylic acids is 1. The van der Waals surface area contributed by atoms with Crippen molar-refractivity contribution in [3.05, 3.63) is 144 Å². The molecule has 7 rings (SSSR count). The lowest BCUT2D eigenvalue weighted by Crippen LogP contribution is -2.40. The summed E-state index contributed by atoms with van der Waals surface area (Å²) in [6.07, 6.45) is 1.76. The summed E-state index contributed by atoms with van der Waals surface area (Å²) >= 11 is 1.22. The second-order valence-electron chi connectivity index (χ2n) is 11.0. The average molecular weight is 672 g/mol. The molecule has 1 atom stereocenters. The lowest BCUT2D eigenvalue weighted by Gasteiger charge is -2.26. The van der Waals surface area contributed by atoms with Gasteiger partial charge in [-0.15, -0.1) is 0 Å². The van der Waals surface area contributed by atoms with Crippen LogP contribution in [0.25, 0.3) is 11.8 Å². The maximum absolute atomic E-state index is 14.3. The molecule has 2 aliphatic heterocycles. The summed E-state index contributed by atoms with van der Waals surface area (Å²) in [5.41, 5.74) is 3.69. The normalized spacial score (nSPS) is 14.9. The molecule has 4 aromatic carbocycles. The zero-order valence-electron chi connectivity index (χ0n) is 26.5. The van der Waals surface area contributed by atoms with E-state index in [1.807, 2.05) is 54.6 Å². The quantitative estimate of drug-likeness (QED) is 0.198. The van der Waals surface area contributed by atoms with Gasteiger partial charge in [0.1, 0.15) is 6.61 Å². The van der Waals surface area contributed by atoms with Crippen LogP contribution in [0.5, 0.6) is 23.0 Å². The number of carbonyl (C=O) groups is 1. The van der Waals surface area contributed by atoms with Crippen LogP contribution in [0.4, 0.5) is 0 Å². The number of nitriles is 1. The fraction of sp³-hybridized carbons (Fsp3) is 0.158. The van der Waals surface area contributed by atoms with Gasteiger partial charge in [0.05, 0.1) is 47.2 Å². The van der Waals surface area contributed by atoms with Crippen molar-refractivity contribution < 1.29 is 28.5 Å². The molecule has 244 valence electrons. The van der Waals surface area contributed by atoms with Gasteiger partial charge in [0, 0.05) is 11.1 Å². The fourth-order valence-electron chi connectivity index (χ4n) is 5.79. The third-order valence-electron chi connectivity index (χ3n) is 8.09. The van der Waals surface area contributed by atoms with Gasteiger partial charge in [-0.25, -0.2) is 9.79 Å². The van der Waals surface area contributed by atoms with Gasteiger partial charge in [0.2, 0.25) is 6.79 Å². The summed E-state index contributed by atoms with van der Waals surface area (Å²) in [7, 11) is 1.54. The molecule has 10 nitrogen and oxygen atoms in total. The second-order valence-corrected chi connectivity index (χ2v) is 12.0. The third kappa shape index (κ3) is 6.06. The molecule has 0 saturated carbocycles. The molecule has 3 heterocycles. The van der Waals surface area contributed by atoms with E-state index in [-0.39, 0.29) is 31.1 Å². The highest BCUT2D eigenvalue weighted by Crippen LogP contribution is 2.40. The lowest BCUT2D eigenvalue weighted by atomic mass is 9.93. The Balaban J connectivity index is 1.34. The first-order valence-electron chi connectivity index (χ1n) is 15.5. The molecule has 0 spiro atoms. The number of esters is 1. The molecule has 0 unspecified atom stereocenters. The zero-order valence-corrected chi connectivity index (χ0v) is 27.4. The summed E-state index contributed by atoms with van der Waals surface area (Å²) in [6.45, 7) is 2.15. The van der Waals surface area contributed by atoms with Crippen LogP contribution >= 0.6 is 11.3 Å². The molecule has 0 saturated heterocycles. The number of nitrogens with zero attached hydrogens (tertiary/aromatic N) is 3. The van der Waals surface area contributed by atoms with Crippen molar-refractivity contribution in [2.45, 2.75) is 19.6 Å². The maximum atomic E-state index is 14.3. The minimum atomic E-state index is -0.858. The molecule has 5 aromatic rings. The number of methoxy groups -OCH3 is 1. The molecule has 0 radical (unpaired) electrons. The number of benzene rings is 4. The summed E-state index contributed by atoms with van der Waals surface area (Å²) < 4.78 is 30.3. The van der Waals surface area contributed by atoms with Crippen molar-refractivity contribution in [3.8, 4) is 29.1 Å². The number of rotatable bonds is 9. The molecular formula is C38H29N3O7S. The van der Waals surface area contributed by atoms with Crippen molar-refractivity contribution in [2.75, 3.05) is 20.5 Å². The van der Waals surface area contributed by atoms with Crippen LogP contribution in [0.1, 0.15) is 40.8 Å². The van der Waals surface area contributed by atoms with E-state index in [2.05, 4.69) is 6.07 Å². The Morgan fingerprint density at radius 2 is 1.82 bits per heavy atom. The van der Waals surface area contributed by atoms with E-state index in [0.29, 0.717) is 60.3 Å². The van der Waals surface area contributed by atoms with Gasteiger partial charge in [0.15, 0.2) is 27.8 Å². The molecule has 0 bridgehead atoms. The van der Waals surface area contributed by atoms with Crippen LogP contribution in [0.15, 0.2) is 106 Å². The fourth-order valence-corrected chi connectivity index (χ4v) is 6.80. The van der Waals surface area contributed by atoms with E-state index in [9.17, 15) is 14.9 Å². The molecule has 49 heavy (non-hydrogen) atoms. The molecule has 0 fully saturated rings. The zero-order chi connectivity index (χ0) is 33.9. The minimum Gasteiger partial charge on any atom is -0.493 e. The Labute approximate surface area is 285 Å². The highest BCUT2D eigenvalue weighted by molar-refractivity contribution is 7.07. The Morgan fingerprint density at radius 1 is 1.02 bits per heavy atom. The second kappa shape index (κ2) is 13.5. The standard InChI is InChI=1S/C38H29N3O7S/c1-3-45-37(43)33-34(24-9-5-4-6-10-24)40-38-41(35(33)25-14-16-29-31(19-25)48-22-47-29)36(42)32(49-38)18-23-13-15-28(30(17-23)44-2)46-21-27-12-8-7-11-26(27)20-39/h4-19,35H,3,21-22H2,1-2H3/b32-18+/t35-/m0/s1. The number of hydrogen-bond donors (Lipinski definition) is 0. The predicted molar refractivity (Wildman–Crippen MR) is 182 cm³/mol. The van der Waals surface area contributed by atoms with Gasteiger partial charge < -0.3 is 23.7 Å². The van der Waals surface area contributed by atoms with Crippen molar-refractivity contribution in [2.24, 2.45) is 4.99 Å². The van der Waals surface area contributed by atoms with Gasteiger partial charge in [0.25, 0.3) is 5.56 Å². The van der Waals surface area contributed by atoms with E-state index in [0.717, 1.165) is 5.56 Å². The maximum Gasteiger partial charge on any atom is 0.338 e. The summed E-state index contributed by atoms with van der Waals surface area (Å²) in [6, 6.07) is 28.7. The number of ether oxygens (including phenoxy) is 5. The van der Waals surface area contributed by atoms with Crippen LogP contribution in [0.2, 0.25) is 0 Å². The number of hydrogen-bond acceptors (Lipinski definition) is 10. The Morgan fingerprint density at radius 3 is 2.61 bits per heavy atom. The Kier molecular flexibility index (Phi) is 8.70. The first kappa shape index (κ1) is 31.5. The van der Waals surface area contributed by atoms with E-state index in [1.165, 1.54) is 23.0 Å². The van der Waals surface area contributed by atoms with Crippen LogP contribution < -0.4 is 33.8 Å². The third-order valence-corrected chi connectivity index (χ3v) is 9.08. The largest absolute Gasteiger partial charge is 0.493 e. The topological polar surface area (TPSA) is 121 Å². The number of thiazole rings is 1. The van der Waals surface area contributed by atoms with Gasteiger partial charge >= 0.3 is 5.97 Å². The van der Waals surface area contributed by atoms with Crippen molar-refractivity contribution >= 4 is 29.1 Å². The molecule has 0 amide bonds. The first-order chi connectivity index (χ1) is 24.0. The minimum absolute atomic E-state index is 0.0812. The SMILES string of the molecule is CCOC(=O)C1=C(c2ccccc2)N=c2s/c(=C/c3ccc(OCc4ccccc4C#N)c(OC)c3)c(=O)n2[C@H]1c1ccc2c(c1)OCO2. The molecule has 2 aliphatic rings. The van der Waals surface area contributed by atoms with Gasteiger partial charge in [-0.3, -0.25) is 9.36 Å².